The van der Waals surface area contributed by atoms with E-state index < -0.39 is 0 Å². The van der Waals surface area contributed by atoms with Crippen LogP contribution in [0.2, 0.25) is 0 Å². The average Bonchev–Trinajstić information content (AvgIpc) is 2.42. The van der Waals surface area contributed by atoms with Crippen molar-refractivity contribution in [3.63, 3.8) is 0 Å². The van der Waals surface area contributed by atoms with E-state index in [-0.39, 0.29) is 5.60 Å². The summed E-state index contributed by atoms with van der Waals surface area (Å²) in [4.78, 5) is 0. The van der Waals surface area contributed by atoms with Gasteiger partial charge in [-0.25, -0.2) is 0 Å². The van der Waals surface area contributed by atoms with Gasteiger partial charge in [0, 0.05) is 0 Å². The molecule has 0 heterocycles. The maximum atomic E-state index is 5.98. The van der Waals surface area contributed by atoms with E-state index in [4.69, 9.17) is 4.74 Å². The predicted molar refractivity (Wildman–Crippen MR) is 101 cm³/mol. The van der Waals surface area contributed by atoms with Gasteiger partial charge in [0.15, 0.2) is 0 Å². The van der Waals surface area contributed by atoms with E-state index in [0.717, 1.165) is 11.7 Å². The third-order valence-corrected chi connectivity index (χ3v) is 4.22. The van der Waals surface area contributed by atoms with Crippen LogP contribution in [0, 0.1) is 11.8 Å². The molecule has 0 spiro atoms. The molecular formula is C22H32O. The maximum Gasteiger partial charge on any atom is 0.120 e. The zero-order valence-electron chi connectivity index (χ0n) is 15.8. The second-order valence-corrected chi connectivity index (χ2v) is 8.46. The van der Waals surface area contributed by atoms with E-state index in [2.05, 4.69) is 84.9 Å². The minimum Gasteiger partial charge on any atom is -0.488 e. The molecule has 0 aliphatic heterocycles. The molecule has 0 N–H and O–H groups in total. The first-order valence-electron chi connectivity index (χ1n) is 8.88. The van der Waals surface area contributed by atoms with Gasteiger partial charge >= 0.3 is 0 Å². The van der Waals surface area contributed by atoms with Crippen molar-refractivity contribution in [3.8, 4) is 5.75 Å². The van der Waals surface area contributed by atoms with Gasteiger partial charge in [0.05, 0.1) is 0 Å². The molecule has 1 heteroatoms. The second kappa shape index (κ2) is 6.95. The van der Waals surface area contributed by atoms with Crippen molar-refractivity contribution in [1.29, 1.82) is 0 Å². The van der Waals surface area contributed by atoms with Crippen LogP contribution in [0.3, 0.4) is 0 Å². The van der Waals surface area contributed by atoms with E-state index >= 15 is 0 Å². The number of benzene rings is 2. The van der Waals surface area contributed by atoms with E-state index in [1.165, 1.54) is 22.8 Å². The van der Waals surface area contributed by atoms with Crippen LogP contribution in [-0.2, 0) is 0 Å². The van der Waals surface area contributed by atoms with Crippen LogP contribution in [0.5, 0.6) is 5.75 Å². The third kappa shape index (κ3) is 4.99. The van der Waals surface area contributed by atoms with E-state index in [1.54, 1.807) is 0 Å². The van der Waals surface area contributed by atoms with Crippen LogP contribution in [0.1, 0.15) is 66.4 Å². The Hall–Kier alpha value is -1.50. The number of ether oxygens (including phenoxy) is 1. The number of hydrogen-bond acceptors (Lipinski definition) is 1. The number of rotatable bonds is 5. The standard InChI is InChI=1S/C22H32O/c1-15(2)12-21(16(3)4)19-9-8-18-14-20(23-22(5,6)7)11-10-17(18)13-19/h8-11,13-16,21H,12H2,1-7H3. The minimum absolute atomic E-state index is 0.159. The topological polar surface area (TPSA) is 9.23 Å². The molecule has 0 saturated heterocycles. The Labute approximate surface area is 142 Å². The lowest BCUT2D eigenvalue weighted by Gasteiger charge is -2.24. The summed E-state index contributed by atoms with van der Waals surface area (Å²) in [6, 6.07) is 13.3. The molecule has 0 bridgehead atoms. The first-order valence-corrected chi connectivity index (χ1v) is 8.88. The fraction of sp³-hybridized carbons (Fsp3) is 0.545. The highest BCUT2D eigenvalue weighted by atomic mass is 16.5. The molecule has 0 aliphatic rings. The Morgan fingerprint density at radius 1 is 0.870 bits per heavy atom. The van der Waals surface area contributed by atoms with Gasteiger partial charge in [-0.05, 0) is 73.4 Å². The van der Waals surface area contributed by atoms with Crippen LogP contribution >= 0.6 is 0 Å². The molecule has 0 radical (unpaired) electrons. The van der Waals surface area contributed by atoms with Crippen molar-refractivity contribution in [2.45, 2.75) is 66.4 Å². The van der Waals surface area contributed by atoms with Gasteiger partial charge in [-0.1, -0.05) is 52.0 Å². The predicted octanol–water partition coefficient (Wildman–Crippen LogP) is 6.80. The highest BCUT2D eigenvalue weighted by Gasteiger charge is 2.18. The molecule has 2 aromatic rings. The minimum atomic E-state index is -0.159. The highest BCUT2D eigenvalue weighted by molar-refractivity contribution is 5.84. The van der Waals surface area contributed by atoms with Crippen molar-refractivity contribution in [2.75, 3.05) is 0 Å². The molecule has 0 amide bonds. The Bertz CT molecular complexity index is 647. The van der Waals surface area contributed by atoms with Gasteiger partial charge in [0.1, 0.15) is 11.4 Å². The first kappa shape index (κ1) is 17.8. The summed E-state index contributed by atoms with van der Waals surface area (Å²) in [5.41, 5.74) is 1.30. The van der Waals surface area contributed by atoms with Crippen molar-refractivity contribution in [1.82, 2.24) is 0 Å². The van der Waals surface area contributed by atoms with Crippen molar-refractivity contribution in [3.05, 3.63) is 42.0 Å². The molecule has 0 aromatic heterocycles. The fourth-order valence-electron chi connectivity index (χ4n) is 3.19. The zero-order valence-corrected chi connectivity index (χ0v) is 15.8. The second-order valence-electron chi connectivity index (χ2n) is 8.46. The first-order chi connectivity index (χ1) is 10.7. The largest absolute Gasteiger partial charge is 0.488 e. The van der Waals surface area contributed by atoms with Crippen LogP contribution < -0.4 is 4.74 Å². The lowest BCUT2D eigenvalue weighted by molar-refractivity contribution is 0.131. The van der Waals surface area contributed by atoms with Crippen LogP contribution in [-0.4, -0.2) is 5.60 Å². The summed E-state index contributed by atoms with van der Waals surface area (Å²) in [5.74, 6) is 2.96. The van der Waals surface area contributed by atoms with Gasteiger partial charge in [-0.3, -0.25) is 0 Å². The van der Waals surface area contributed by atoms with Gasteiger partial charge in [-0.2, -0.15) is 0 Å². The monoisotopic (exact) mass is 312 g/mol. The summed E-state index contributed by atoms with van der Waals surface area (Å²) in [7, 11) is 0. The molecule has 1 unspecified atom stereocenters. The quantitative estimate of drug-likeness (QED) is 0.589. The van der Waals surface area contributed by atoms with Crippen molar-refractivity contribution < 1.29 is 4.74 Å². The smallest absolute Gasteiger partial charge is 0.120 e. The molecule has 0 saturated carbocycles. The molecule has 0 fully saturated rings. The lowest BCUT2D eigenvalue weighted by atomic mass is 9.81. The van der Waals surface area contributed by atoms with Gasteiger partial charge in [0.2, 0.25) is 0 Å². The van der Waals surface area contributed by atoms with Crippen LogP contribution in [0.4, 0.5) is 0 Å². The van der Waals surface area contributed by atoms with Gasteiger partial charge in [0.25, 0.3) is 0 Å². The molecular weight excluding hydrogens is 280 g/mol. The molecule has 1 nitrogen and oxygen atoms in total. The zero-order chi connectivity index (χ0) is 17.2. The Balaban J connectivity index is 2.33. The highest BCUT2D eigenvalue weighted by Crippen LogP contribution is 2.33. The van der Waals surface area contributed by atoms with E-state index in [0.29, 0.717) is 11.8 Å². The molecule has 126 valence electrons. The van der Waals surface area contributed by atoms with E-state index in [9.17, 15) is 0 Å². The summed E-state index contributed by atoms with van der Waals surface area (Å²) >= 11 is 0. The van der Waals surface area contributed by atoms with E-state index in [1.807, 2.05) is 0 Å². The van der Waals surface area contributed by atoms with Gasteiger partial charge < -0.3 is 4.74 Å². The summed E-state index contributed by atoms with van der Waals surface area (Å²) in [5, 5.41) is 2.56. The molecule has 23 heavy (non-hydrogen) atoms. The van der Waals surface area contributed by atoms with Crippen LogP contribution in [0.25, 0.3) is 10.8 Å². The summed E-state index contributed by atoms with van der Waals surface area (Å²) in [6.07, 6.45) is 1.24. The lowest BCUT2D eigenvalue weighted by Crippen LogP contribution is -2.22. The third-order valence-electron chi connectivity index (χ3n) is 4.22. The van der Waals surface area contributed by atoms with Gasteiger partial charge in [-0.15, -0.1) is 0 Å². The molecule has 2 rings (SSSR count). The molecule has 0 aliphatic carbocycles. The van der Waals surface area contributed by atoms with Crippen molar-refractivity contribution >= 4 is 10.8 Å². The Morgan fingerprint density at radius 3 is 2.04 bits per heavy atom. The Kier molecular flexibility index (Phi) is 5.39. The summed E-state index contributed by atoms with van der Waals surface area (Å²) in [6.45, 7) is 15.5. The average molecular weight is 312 g/mol. The molecule has 1 atom stereocenters. The fourth-order valence-corrected chi connectivity index (χ4v) is 3.19. The summed E-state index contributed by atoms with van der Waals surface area (Å²) < 4.78 is 5.98. The normalized spacial score (nSPS) is 13.8. The van der Waals surface area contributed by atoms with Crippen molar-refractivity contribution in [2.24, 2.45) is 11.8 Å². The Morgan fingerprint density at radius 2 is 1.48 bits per heavy atom. The number of fused-ring (bicyclic) bond motifs is 1. The maximum absolute atomic E-state index is 5.98. The SMILES string of the molecule is CC(C)CC(c1ccc2cc(OC(C)(C)C)ccc2c1)C(C)C. The number of hydrogen-bond donors (Lipinski definition) is 0. The van der Waals surface area contributed by atoms with Crippen LogP contribution in [0.15, 0.2) is 36.4 Å². The molecule has 2 aromatic carbocycles.